The lowest BCUT2D eigenvalue weighted by atomic mass is 9.91. The van der Waals surface area contributed by atoms with Gasteiger partial charge in [-0.15, -0.1) is 5.10 Å². The molecule has 1 heterocycles. The summed E-state index contributed by atoms with van der Waals surface area (Å²) < 4.78 is 1.97. The largest absolute Gasteiger partial charge is 0.381 e. The van der Waals surface area contributed by atoms with Gasteiger partial charge in [0.1, 0.15) is 0 Å². The van der Waals surface area contributed by atoms with Crippen LogP contribution in [-0.2, 0) is 5.41 Å². The molecule has 0 radical (unpaired) electrons. The van der Waals surface area contributed by atoms with Crippen molar-refractivity contribution in [3.8, 4) is 0 Å². The van der Waals surface area contributed by atoms with Crippen molar-refractivity contribution in [3.63, 3.8) is 0 Å². The third-order valence-electron chi connectivity index (χ3n) is 2.55. The Morgan fingerprint density at radius 2 is 2.00 bits per heavy atom. The molecule has 1 aromatic heterocycles. The van der Waals surface area contributed by atoms with Gasteiger partial charge in [0.2, 0.25) is 0 Å². The lowest BCUT2D eigenvalue weighted by Crippen LogP contribution is -2.22. The molecular weight excluding hydrogens is 188 g/mol. The van der Waals surface area contributed by atoms with Gasteiger partial charge in [-0.3, -0.25) is 0 Å². The van der Waals surface area contributed by atoms with Crippen LogP contribution >= 0.6 is 0 Å². The first kappa shape index (κ1) is 12.0. The maximum absolute atomic E-state index is 5.87. The molecule has 0 spiro atoms. The Bertz CT molecular complexity index is 322. The quantitative estimate of drug-likeness (QED) is 0.834. The number of nitrogens with two attached hydrogens (primary N) is 1. The van der Waals surface area contributed by atoms with E-state index in [4.69, 9.17) is 5.73 Å². The van der Waals surface area contributed by atoms with E-state index in [2.05, 4.69) is 44.9 Å². The third-order valence-corrected chi connectivity index (χ3v) is 2.55. The molecule has 1 rings (SSSR count). The van der Waals surface area contributed by atoms with Gasteiger partial charge in [-0.1, -0.05) is 39.3 Å². The zero-order chi connectivity index (χ0) is 11.6. The molecule has 0 fully saturated rings. The van der Waals surface area contributed by atoms with Crippen molar-refractivity contribution in [2.24, 2.45) is 0 Å². The molecule has 1 unspecified atom stereocenters. The predicted octanol–water partition coefficient (Wildman–Crippen LogP) is 2.52. The fourth-order valence-corrected chi connectivity index (χ4v) is 1.88. The van der Waals surface area contributed by atoms with Gasteiger partial charge in [-0.25, -0.2) is 4.68 Å². The lowest BCUT2D eigenvalue weighted by molar-refractivity contribution is 0.397. The smallest absolute Gasteiger partial charge is 0.169 e. The number of hydrogen-bond donors (Lipinski definition) is 1. The lowest BCUT2D eigenvalue weighted by Gasteiger charge is -2.23. The van der Waals surface area contributed by atoms with E-state index in [0.29, 0.717) is 11.9 Å². The fourth-order valence-electron chi connectivity index (χ4n) is 1.88. The van der Waals surface area contributed by atoms with E-state index >= 15 is 0 Å². The van der Waals surface area contributed by atoms with Crippen LogP contribution in [0.15, 0.2) is 0 Å². The summed E-state index contributed by atoms with van der Waals surface area (Å²) in [6, 6.07) is 0.369. The summed E-state index contributed by atoms with van der Waals surface area (Å²) in [7, 11) is 0. The van der Waals surface area contributed by atoms with E-state index in [-0.39, 0.29) is 5.41 Å². The summed E-state index contributed by atoms with van der Waals surface area (Å²) in [5.74, 6) is 0.561. The molecule has 1 aromatic rings. The zero-order valence-corrected chi connectivity index (χ0v) is 10.4. The first-order chi connectivity index (χ1) is 6.88. The topological polar surface area (TPSA) is 56.7 Å². The van der Waals surface area contributed by atoms with Crippen LogP contribution in [0.1, 0.15) is 59.2 Å². The van der Waals surface area contributed by atoms with Crippen molar-refractivity contribution in [2.75, 3.05) is 5.73 Å². The molecule has 0 bridgehead atoms. The number of rotatable bonds is 3. The molecular formula is C11H22N4. The zero-order valence-electron chi connectivity index (χ0n) is 10.4. The van der Waals surface area contributed by atoms with Crippen molar-refractivity contribution >= 4 is 5.82 Å². The Morgan fingerprint density at radius 3 is 2.47 bits per heavy atom. The molecule has 15 heavy (non-hydrogen) atoms. The minimum Gasteiger partial charge on any atom is -0.381 e. The van der Waals surface area contributed by atoms with Crippen molar-refractivity contribution in [2.45, 2.75) is 58.9 Å². The van der Waals surface area contributed by atoms with Crippen LogP contribution in [-0.4, -0.2) is 15.0 Å². The molecule has 0 amide bonds. The molecule has 0 saturated carbocycles. The normalized spacial score (nSPS) is 14.2. The molecule has 0 saturated heterocycles. The summed E-state index contributed by atoms with van der Waals surface area (Å²) in [5.41, 5.74) is 6.91. The number of anilines is 1. The van der Waals surface area contributed by atoms with Crippen molar-refractivity contribution in [1.29, 1.82) is 0 Å². The second-order valence-corrected chi connectivity index (χ2v) is 5.16. The van der Waals surface area contributed by atoms with Crippen molar-refractivity contribution in [3.05, 3.63) is 5.69 Å². The second kappa shape index (κ2) is 4.21. The number of nitrogens with zero attached hydrogens (tertiary/aromatic N) is 3. The van der Waals surface area contributed by atoms with Gasteiger partial charge >= 0.3 is 0 Å². The first-order valence-electron chi connectivity index (χ1n) is 5.59. The molecule has 4 nitrogen and oxygen atoms in total. The molecule has 86 valence electrons. The third kappa shape index (κ3) is 2.49. The highest BCUT2D eigenvalue weighted by Crippen LogP contribution is 2.29. The Balaban J connectivity index is 3.09. The summed E-state index contributed by atoms with van der Waals surface area (Å²) in [6.45, 7) is 10.7. The molecule has 4 heteroatoms. The average molecular weight is 210 g/mol. The van der Waals surface area contributed by atoms with Gasteiger partial charge in [-0.2, -0.15) is 0 Å². The van der Waals surface area contributed by atoms with E-state index in [1.54, 1.807) is 0 Å². The van der Waals surface area contributed by atoms with Crippen LogP contribution in [0.4, 0.5) is 5.82 Å². The van der Waals surface area contributed by atoms with E-state index in [9.17, 15) is 0 Å². The summed E-state index contributed by atoms with van der Waals surface area (Å²) >= 11 is 0. The van der Waals surface area contributed by atoms with Gasteiger partial charge in [0, 0.05) is 5.41 Å². The van der Waals surface area contributed by atoms with Crippen molar-refractivity contribution < 1.29 is 0 Å². The first-order valence-corrected chi connectivity index (χ1v) is 5.59. The number of aromatic nitrogens is 3. The van der Waals surface area contributed by atoms with Crippen LogP contribution in [0, 0.1) is 0 Å². The maximum Gasteiger partial charge on any atom is 0.169 e. The second-order valence-electron chi connectivity index (χ2n) is 5.16. The summed E-state index contributed by atoms with van der Waals surface area (Å²) in [5, 5.41) is 8.12. The Labute approximate surface area is 91.9 Å². The van der Waals surface area contributed by atoms with Crippen molar-refractivity contribution in [1.82, 2.24) is 15.0 Å². The highest BCUT2D eigenvalue weighted by molar-refractivity contribution is 5.38. The summed E-state index contributed by atoms with van der Waals surface area (Å²) in [6.07, 6.45) is 2.25. The fraction of sp³-hybridized carbons (Fsp3) is 0.818. The van der Waals surface area contributed by atoms with E-state index in [1.165, 1.54) is 0 Å². The van der Waals surface area contributed by atoms with Gasteiger partial charge < -0.3 is 5.73 Å². The molecule has 0 aliphatic heterocycles. The number of hydrogen-bond acceptors (Lipinski definition) is 3. The predicted molar refractivity (Wildman–Crippen MR) is 62.8 cm³/mol. The Morgan fingerprint density at radius 1 is 1.40 bits per heavy atom. The minimum absolute atomic E-state index is 0.00438. The molecule has 1 atom stereocenters. The molecule has 0 aromatic carbocycles. The highest BCUT2D eigenvalue weighted by Gasteiger charge is 2.25. The standard InChI is InChI=1S/C11H22N4/c1-6-7-8(2)15-9(11(3,4)5)10(12)13-14-15/h8H,6-7,12H2,1-5H3. The van der Waals surface area contributed by atoms with Crippen LogP contribution < -0.4 is 5.73 Å². The summed E-state index contributed by atoms with van der Waals surface area (Å²) in [4.78, 5) is 0. The van der Waals surface area contributed by atoms with E-state index in [1.807, 2.05) is 4.68 Å². The average Bonchev–Trinajstić information content (AvgIpc) is 2.46. The maximum atomic E-state index is 5.87. The minimum atomic E-state index is -0.00438. The van der Waals surface area contributed by atoms with E-state index in [0.717, 1.165) is 18.5 Å². The SMILES string of the molecule is CCCC(C)n1nnc(N)c1C(C)(C)C. The molecule has 0 aliphatic rings. The molecule has 0 aliphatic carbocycles. The number of nitrogen functional groups attached to an aromatic ring is 1. The van der Waals surface area contributed by atoms with Gasteiger partial charge in [0.25, 0.3) is 0 Å². The van der Waals surface area contributed by atoms with Crippen LogP contribution in [0.3, 0.4) is 0 Å². The Hall–Kier alpha value is -1.06. The van der Waals surface area contributed by atoms with Gasteiger partial charge in [0.05, 0.1) is 11.7 Å². The molecule has 2 N–H and O–H groups in total. The van der Waals surface area contributed by atoms with Crippen LogP contribution in [0.2, 0.25) is 0 Å². The highest BCUT2D eigenvalue weighted by atomic mass is 15.5. The van der Waals surface area contributed by atoms with Gasteiger partial charge in [-0.05, 0) is 13.3 Å². The monoisotopic (exact) mass is 210 g/mol. The van der Waals surface area contributed by atoms with Gasteiger partial charge in [0.15, 0.2) is 5.82 Å². The Kier molecular flexibility index (Phi) is 3.37. The van der Waals surface area contributed by atoms with E-state index < -0.39 is 0 Å². The van der Waals surface area contributed by atoms with Crippen LogP contribution in [0.25, 0.3) is 0 Å². The van der Waals surface area contributed by atoms with Crippen LogP contribution in [0.5, 0.6) is 0 Å².